The molecule has 1 atom stereocenters. The molecule has 0 aliphatic rings. The molecule has 140 valence electrons. The Morgan fingerprint density at radius 2 is 1.82 bits per heavy atom. The third-order valence-corrected chi connectivity index (χ3v) is 6.00. The number of rotatable bonds is 6. The van der Waals surface area contributed by atoms with Crippen LogP contribution in [0.3, 0.4) is 0 Å². The number of nitro groups is 1. The predicted octanol–water partition coefficient (Wildman–Crippen LogP) is 5.62. The highest BCUT2D eigenvalue weighted by Crippen LogP contribution is 2.38. The van der Waals surface area contributed by atoms with Gasteiger partial charge >= 0.3 is 0 Å². The van der Waals surface area contributed by atoms with E-state index in [4.69, 9.17) is 4.42 Å². The van der Waals surface area contributed by atoms with Crippen molar-refractivity contribution < 1.29 is 9.34 Å². The Hall–Kier alpha value is -3.04. The highest BCUT2D eigenvalue weighted by Gasteiger charge is 2.18. The molecule has 4 aromatic rings. The summed E-state index contributed by atoms with van der Waals surface area (Å²) in [5.41, 5.74) is 2.68. The minimum Gasteiger partial charge on any atom is -0.419 e. The maximum Gasteiger partial charge on any atom is 0.269 e. The summed E-state index contributed by atoms with van der Waals surface area (Å²) in [5.74, 6) is 0.816. The lowest BCUT2D eigenvalue weighted by atomic mass is 10.2. The van der Waals surface area contributed by atoms with Gasteiger partial charge in [0.1, 0.15) is 0 Å². The minimum atomic E-state index is -0.445. The van der Waals surface area contributed by atoms with E-state index in [1.807, 2.05) is 42.6 Å². The molecule has 0 saturated carbocycles. The quantitative estimate of drug-likeness (QED) is 0.231. The summed E-state index contributed by atoms with van der Waals surface area (Å²) in [7, 11) is 0. The summed E-state index contributed by atoms with van der Waals surface area (Å²) in [5, 5.41) is 20.9. The molecule has 0 aliphatic carbocycles. The van der Waals surface area contributed by atoms with Crippen molar-refractivity contribution in [1.29, 1.82) is 0 Å². The van der Waals surface area contributed by atoms with E-state index in [2.05, 4.69) is 15.2 Å². The molecule has 0 amide bonds. The van der Waals surface area contributed by atoms with Gasteiger partial charge in [0.2, 0.25) is 11.8 Å². The van der Waals surface area contributed by atoms with Crippen LogP contribution in [0.1, 0.15) is 18.1 Å². The van der Waals surface area contributed by atoms with Crippen LogP contribution in [0, 0.1) is 10.1 Å². The molecule has 28 heavy (non-hydrogen) atoms. The van der Waals surface area contributed by atoms with E-state index < -0.39 is 4.92 Å². The van der Waals surface area contributed by atoms with Gasteiger partial charge in [-0.25, -0.2) is 4.98 Å². The summed E-state index contributed by atoms with van der Waals surface area (Å²) >= 11 is 3.12. The molecule has 2 aromatic carbocycles. The van der Waals surface area contributed by atoms with E-state index in [-0.39, 0.29) is 10.9 Å². The number of nitro benzene ring substituents is 1. The van der Waals surface area contributed by atoms with Gasteiger partial charge in [-0.05, 0) is 19.1 Å². The molecule has 0 radical (unpaired) electrons. The Morgan fingerprint density at radius 3 is 2.54 bits per heavy atom. The lowest BCUT2D eigenvalue weighted by Gasteiger charge is -2.03. The molecular formula is C19H14N4O3S2. The van der Waals surface area contributed by atoms with Gasteiger partial charge in [-0.3, -0.25) is 10.1 Å². The molecule has 2 aromatic heterocycles. The summed E-state index contributed by atoms with van der Waals surface area (Å²) in [6.45, 7) is 1.97. The van der Waals surface area contributed by atoms with Crippen LogP contribution >= 0.6 is 23.1 Å². The van der Waals surface area contributed by atoms with E-state index in [0.717, 1.165) is 15.6 Å². The van der Waals surface area contributed by atoms with Crippen molar-refractivity contribution >= 4 is 28.8 Å². The Bertz CT molecular complexity index is 1090. The lowest BCUT2D eigenvalue weighted by Crippen LogP contribution is -1.88. The molecule has 7 nitrogen and oxygen atoms in total. The normalized spacial score (nSPS) is 12.0. The number of aromatic nitrogens is 3. The zero-order valence-electron chi connectivity index (χ0n) is 14.7. The number of nitrogens with zero attached hydrogens (tertiary/aromatic N) is 4. The fraction of sp³-hybridized carbons (Fsp3) is 0.105. The Labute approximate surface area is 168 Å². The maximum atomic E-state index is 10.8. The molecule has 0 N–H and O–H groups in total. The van der Waals surface area contributed by atoms with Crippen molar-refractivity contribution in [3.63, 3.8) is 0 Å². The smallest absolute Gasteiger partial charge is 0.269 e. The number of thioether (sulfide) groups is 1. The van der Waals surface area contributed by atoms with Crippen molar-refractivity contribution in [2.45, 2.75) is 16.5 Å². The van der Waals surface area contributed by atoms with E-state index in [1.54, 1.807) is 35.2 Å². The molecule has 0 saturated heterocycles. The van der Waals surface area contributed by atoms with Gasteiger partial charge in [-0.2, -0.15) is 0 Å². The van der Waals surface area contributed by atoms with Gasteiger partial charge in [0, 0.05) is 28.6 Å². The van der Waals surface area contributed by atoms with E-state index in [0.29, 0.717) is 17.3 Å². The fourth-order valence-corrected chi connectivity index (χ4v) is 4.50. The average Bonchev–Trinajstić information content (AvgIpc) is 3.39. The van der Waals surface area contributed by atoms with Crippen LogP contribution in [0.15, 0.2) is 68.7 Å². The van der Waals surface area contributed by atoms with Crippen LogP contribution in [0.2, 0.25) is 0 Å². The molecular weight excluding hydrogens is 396 g/mol. The van der Waals surface area contributed by atoms with Crippen molar-refractivity contribution in [1.82, 2.24) is 15.2 Å². The minimum absolute atomic E-state index is 0.0189. The maximum absolute atomic E-state index is 10.8. The second-order valence-electron chi connectivity index (χ2n) is 5.87. The van der Waals surface area contributed by atoms with Crippen LogP contribution in [0.4, 0.5) is 5.69 Å². The predicted molar refractivity (Wildman–Crippen MR) is 108 cm³/mol. The molecule has 1 unspecified atom stereocenters. The highest BCUT2D eigenvalue weighted by atomic mass is 32.2. The zero-order valence-corrected chi connectivity index (χ0v) is 16.3. The van der Waals surface area contributed by atoms with E-state index in [1.165, 1.54) is 12.1 Å². The summed E-state index contributed by atoms with van der Waals surface area (Å²) in [6.07, 6.45) is 0. The molecule has 0 fully saturated rings. The van der Waals surface area contributed by atoms with E-state index in [9.17, 15) is 10.1 Å². The first-order chi connectivity index (χ1) is 13.6. The first kappa shape index (κ1) is 18.3. The summed E-state index contributed by atoms with van der Waals surface area (Å²) < 4.78 is 6.68. The van der Waals surface area contributed by atoms with Crippen LogP contribution in [-0.2, 0) is 0 Å². The number of hydrogen-bond donors (Lipinski definition) is 0. The molecule has 0 spiro atoms. The van der Waals surface area contributed by atoms with Crippen molar-refractivity contribution in [3.8, 4) is 22.7 Å². The number of hydrogen-bond acceptors (Lipinski definition) is 8. The molecule has 0 aliphatic heterocycles. The van der Waals surface area contributed by atoms with Crippen molar-refractivity contribution in [3.05, 3.63) is 76.0 Å². The van der Waals surface area contributed by atoms with Crippen molar-refractivity contribution in [2.75, 3.05) is 0 Å². The zero-order chi connectivity index (χ0) is 19.5. The third kappa shape index (κ3) is 3.95. The van der Waals surface area contributed by atoms with Crippen LogP contribution in [0.5, 0.6) is 0 Å². The molecule has 4 rings (SSSR count). The number of non-ortho nitro benzene ring substituents is 1. The highest BCUT2D eigenvalue weighted by molar-refractivity contribution is 8.01. The van der Waals surface area contributed by atoms with Crippen molar-refractivity contribution in [2.24, 2.45) is 0 Å². The first-order valence-electron chi connectivity index (χ1n) is 8.36. The van der Waals surface area contributed by atoms with Gasteiger partial charge in [-0.15, -0.1) is 21.5 Å². The van der Waals surface area contributed by atoms with Gasteiger partial charge in [0.05, 0.1) is 15.9 Å². The van der Waals surface area contributed by atoms with Gasteiger partial charge in [-0.1, -0.05) is 42.1 Å². The first-order valence-corrected chi connectivity index (χ1v) is 10.1. The summed E-state index contributed by atoms with van der Waals surface area (Å²) in [6, 6.07) is 16.0. The topological polar surface area (TPSA) is 95.0 Å². The largest absolute Gasteiger partial charge is 0.419 e. The summed E-state index contributed by atoms with van der Waals surface area (Å²) in [4.78, 5) is 15.0. The monoisotopic (exact) mass is 410 g/mol. The Kier molecular flexibility index (Phi) is 5.18. The SMILES string of the molecule is CC(Sc1nc(-c2ccccc2)cs1)c1nnc(-c2ccc([N+](=O)[O-])cc2)o1. The lowest BCUT2D eigenvalue weighted by molar-refractivity contribution is -0.384. The van der Waals surface area contributed by atoms with Crippen LogP contribution in [-0.4, -0.2) is 20.1 Å². The fourth-order valence-electron chi connectivity index (χ4n) is 2.50. The van der Waals surface area contributed by atoms with Gasteiger partial charge in [0.15, 0.2) is 4.34 Å². The second-order valence-corrected chi connectivity index (χ2v) is 8.32. The number of thiazole rings is 1. The standard InChI is InChI=1S/C19H14N4O3S2/c1-12(28-19-20-16(11-27-19)13-5-3-2-4-6-13)17-21-22-18(26-17)14-7-9-15(10-8-14)23(24)25/h2-12H,1H3. The van der Waals surface area contributed by atoms with Crippen LogP contribution in [0.25, 0.3) is 22.7 Å². The Morgan fingerprint density at radius 1 is 1.07 bits per heavy atom. The molecule has 0 bridgehead atoms. The average molecular weight is 410 g/mol. The van der Waals surface area contributed by atoms with Crippen LogP contribution < -0.4 is 0 Å². The molecule has 9 heteroatoms. The van der Waals surface area contributed by atoms with E-state index >= 15 is 0 Å². The molecule has 2 heterocycles. The second kappa shape index (κ2) is 7.91. The Balaban J connectivity index is 1.47. The third-order valence-electron chi connectivity index (χ3n) is 3.94. The van der Waals surface area contributed by atoms with Gasteiger partial charge < -0.3 is 4.42 Å². The van der Waals surface area contributed by atoms with Gasteiger partial charge in [0.25, 0.3) is 5.69 Å². The number of benzene rings is 2.